The highest BCUT2D eigenvalue weighted by atomic mass is 16.5. The minimum Gasteiger partial charge on any atom is -0.480 e. The molecule has 0 fully saturated rings. The number of carbonyl (C=O) groups excluding carboxylic acids is 1. The van der Waals surface area contributed by atoms with E-state index in [2.05, 4.69) is 11.9 Å². The molecule has 0 aromatic heterocycles. The van der Waals surface area contributed by atoms with E-state index in [1.54, 1.807) is 0 Å². The summed E-state index contributed by atoms with van der Waals surface area (Å²) in [6.07, 6.45) is 3.10. The second-order valence-corrected chi connectivity index (χ2v) is 5.02. The lowest BCUT2D eigenvalue weighted by atomic mass is 10.0. The number of ether oxygens (including phenoxy) is 1. The van der Waals surface area contributed by atoms with Gasteiger partial charge in [-0.3, -0.25) is 4.79 Å². The van der Waals surface area contributed by atoms with Crippen LogP contribution in [0.1, 0.15) is 23.5 Å². The van der Waals surface area contributed by atoms with Crippen LogP contribution in [0.3, 0.4) is 0 Å². The number of carbonyl (C=O) groups is 2. The van der Waals surface area contributed by atoms with Crippen LogP contribution in [0.15, 0.2) is 36.9 Å². The number of rotatable bonds is 7. The standard InChI is InChI=1S/C16H19NO4/c1-2-9-21-10-14(16(19)20)17-15(18)13-8-7-11-5-3-4-6-12(11)13/h2-6,13-14H,1,7-10H2,(H,17,18)(H,19,20). The van der Waals surface area contributed by atoms with E-state index in [-0.39, 0.29) is 25.0 Å². The van der Waals surface area contributed by atoms with Gasteiger partial charge in [0.05, 0.1) is 19.1 Å². The minimum absolute atomic E-state index is 0.0680. The Morgan fingerprint density at radius 3 is 2.95 bits per heavy atom. The van der Waals surface area contributed by atoms with Crippen molar-refractivity contribution in [3.63, 3.8) is 0 Å². The Kier molecular flexibility index (Phi) is 5.11. The number of aryl methyl sites for hydroxylation is 1. The Balaban J connectivity index is 1.99. The second kappa shape index (κ2) is 7.04. The van der Waals surface area contributed by atoms with Crippen molar-refractivity contribution < 1.29 is 19.4 Å². The number of fused-ring (bicyclic) bond motifs is 1. The van der Waals surface area contributed by atoms with E-state index in [4.69, 9.17) is 9.84 Å². The fraction of sp³-hybridized carbons (Fsp3) is 0.375. The van der Waals surface area contributed by atoms with Gasteiger partial charge in [0.1, 0.15) is 0 Å². The van der Waals surface area contributed by atoms with Gasteiger partial charge in [-0.2, -0.15) is 0 Å². The highest BCUT2D eigenvalue weighted by Gasteiger charge is 2.31. The predicted octanol–water partition coefficient (Wildman–Crippen LogP) is 1.49. The van der Waals surface area contributed by atoms with Crippen molar-refractivity contribution >= 4 is 11.9 Å². The zero-order valence-corrected chi connectivity index (χ0v) is 11.7. The molecule has 2 atom stereocenters. The van der Waals surface area contributed by atoms with Gasteiger partial charge in [0.15, 0.2) is 6.04 Å². The molecule has 1 aliphatic rings. The Morgan fingerprint density at radius 2 is 2.24 bits per heavy atom. The fourth-order valence-electron chi connectivity index (χ4n) is 2.55. The van der Waals surface area contributed by atoms with Crippen LogP contribution in [-0.2, 0) is 20.7 Å². The lowest BCUT2D eigenvalue weighted by Crippen LogP contribution is -2.45. The summed E-state index contributed by atoms with van der Waals surface area (Å²) in [4.78, 5) is 23.5. The normalized spacial score (nSPS) is 17.8. The SMILES string of the molecule is C=CCOCC(NC(=O)C1CCc2ccccc21)C(=O)O. The van der Waals surface area contributed by atoms with Gasteiger partial charge >= 0.3 is 5.97 Å². The monoisotopic (exact) mass is 289 g/mol. The quantitative estimate of drug-likeness (QED) is 0.589. The van der Waals surface area contributed by atoms with Crippen LogP contribution in [0.4, 0.5) is 0 Å². The molecule has 0 radical (unpaired) electrons. The first-order valence-electron chi connectivity index (χ1n) is 6.93. The van der Waals surface area contributed by atoms with Gasteiger partial charge in [-0.25, -0.2) is 4.79 Å². The number of amides is 1. The molecule has 2 unspecified atom stereocenters. The van der Waals surface area contributed by atoms with Crippen LogP contribution in [0, 0.1) is 0 Å². The van der Waals surface area contributed by atoms with Crippen molar-refractivity contribution in [2.24, 2.45) is 0 Å². The number of hydrogen-bond acceptors (Lipinski definition) is 3. The molecule has 5 heteroatoms. The number of aliphatic carboxylic acids is 1. The van der Waals surface area contributed by atoms with E-state index >= 15 is 0 Å². The molecule has 5 nitrogen and oxygen atoms in total. The molecule has 0 aliphatic heterocycles. The summed E-state index contributed by atoms with van der Waals surface area (Å²) in [5.41, 5.74) is 2.15. The van der Waals surface area contributed by atoms with Gasteiger partial charge in [0, 0.05) is 0 Å². The van der Waals surface area contributed by atoms with Crippen LogP contribution in [-0.4, -0.2) is 36.2 Å². The zero-order chi connectivity index (χ0) is 15.2. The van der Waals surface area contributed by atoms with Crippen molar-refractivity contribution in [1.82, 2.24) is 5.32 Å². The average Bonchev–Trinajstić information content (AvgIpc) is 2.90. The van der Waals surface area contributed by atoms with E-state index < -0.39 is 12.0 Å². The smallest absolute Gasteiger partial charge is 0.328 e. The molecule has 0 saturated heterocycles. The Bertz CT molecular complexity index is 541. The summed E-state index contributed by atoms with van der Waals surface area (Å²) < 4.78 is 5.13. The highest BCUT2D eigenvalue weighted by Crippen LogP contribution is 2.32. The van der Waals surface area contributed by atoms with Crippen LogP contribution in [0.25, 0.3) is 0 Å². The summed E-state index contributed by atoms with van der Waals surface area (Å²) in [7, 11) is 0. The first kappa shape index (κ1) is 15.3. The van der Waals surface area contributed by atoms with Crippen molar-refractivity contribution in [3.05, 3.63) is 48.0 Å². The molecule has 1 aliphatic carbocycles. The number of nitrogens with one attached hydrogen (secondary N) is 1. The number of hydrogen-bond donors (Lipinski definition) is 2. The molecule has 2 N–H and O–H groups in total. The van der Waals surface area contributed by atoms with Gasteiger partial charge in [-0.05, 0) is 24.0 Å². The second-order valence-electron chi connectivity index (χ2n) is 5.02. The summed E-state index contributed by atoms with van der Waals surface area (Å²) in [6.45, 7) is 3.68. The van der Waals surface area contributed by atoms with E-state index in [1.165, 1.54) is 6.08 Å². The van der Waals surface area contributed by atoms with Gasteiger partial charge in [-0.15, -0.1) is 6.58 Å². The Hall–Kier alpha value is -2.14. The number of carboxylic acid groups (broad SMARTS) is 1. The van der Waals surface area contributed by atoms with Gasteiger partial charge in [-0.1, -0.05) is 30.3 Å². The lowest BCUT2D eigenvalue weighted by molar-refractivity contribution is -0.143. The number of benzene rings is 1. The molecule has 0 spiro atoms. The van der Waals surface area contributed by atoms with E-state index in [9.17, 15) is 9.59 Å². The lowest BCUT2D eigenvalue weighted by Gasteiger charge is -2.18. The maximum Gasteiger partial charge on any atom is 0.328 e. The molecule has 0 bridgehead atoms. The van der Waals surface area contributed by atoms with Gasteiger partial charge in [0.25, 0.3) is 0 Å². The molecule has 21 heavy (non-hydrogen) atoms. The molecular formula is C16H19NO4. The Labute approximate surface area is 123 Å². The van der Waals surface area contributed by atoms with Crippen molar-refractivity contribution in [2.45, 2.75) is 24.8 Å². The molecular weight excluding hydrogens is 270 g/mol. The molecule has 112 valence electrons. The average molecular weight is 289 g/mol. The topological polar surface area (TPSA) is 75.6 Å². The summed E-state index contributed by atoms with van der Waals surface area (Å²) >= 11 is 0. The first-order chi connectivity index (χ1) is 10.1. The van der Waals surface area contributed by atoms with Crippen molar-refractivity contribution in [3.8, 4) is 0 Å². The van der Waals surface area contributed by atoms with Crippen LogP contribution in [0.2, 0.25) is 0 Å². The van der Waals surface area contributed by atoms with E-state index in [1.807, 2.05) is 24.3 Å². The van der Waals surface area contributed by atoms with Crippen molar-refractivity contribution in [2.75, 3.05) is 13.2 Å². The number of carboxylic acids is 1. The molecule has 2 rings (SSSR count). The molecule has 1 aromatic rings. The molecule has 1 amide bonds. The van der Waals surface area contributed by atoms with Crippen LogP contribution in [0.5, 0.6) is 0 Å². The largest absolute Gasteiger partial charge is 0.480 e. The minimum atomic E-state index is -1.10. The zero-order valence-electron chi connectivity index (χ0n) is 11.7. The van der Waals surface area contributed by atoms with Crippen LogP contribution < -0.4 is 5.32 Å². The van der Waals surface area contributed by atoms with Crippen molar-refractivity contribution in [1.29, 1.82) is 0 Å². The third kappa shape index (κ3) is 3.70. The molecule has 0 saturated carbocycles. The van der Waals surface area contributed by atoms with Crippen LogP contribution >= 0.6 is 0 Å². The highest BCUT2D eigenvalue weighted by molar-refractivity contribution is 5.89. The predicted molar refractivity (Wildman–Crippen MR) is 78.1 cm³/mol. The maximum atomic E-state index is 12.3. The summed E-state index contributed by atoms with van der Waals surface area (Å²) in [5, 5.41) is 11.7. The maximum absolute atomic E-state index is 12.3. The molecule has 0 heterocycles. The van der Waals surface area contributed by atoms with Gasteiger partial charge in [0.2, 0.25) is 5.91 Å². The summed E-state index contributed by atoms with van der Waals surface area (Å²) in [6, 6.07) is 6.74. The summed E-state index contributed by atoms with van der Waals surface area (Å²) in [5.74, 6) is -1.63. The molecule has 1 aromatic carbocycles. The van der Waals surface area contributed by atoms with Gasteiger partial charge < -0.3 is 15.2 Å². The Morgan fingerprint density at radius 1 is 1.48 bits per heavy atom. The first-order valence-corrected chi connectivity index (χ1v) is 6.93. The third-order valence-corrected chi connectivity index (χ3v) is 3.58. The van der Waals surface area contributed by atoms with E-state index in [0.717, 1.165) is 17.5 Å². The van der Waals surface area contributed by atoms with E-state index in [0.29, 0.717) is 6.42 Å². The fourth-order valence-corrected chi connectivity index (χ4v) is 2.55. The third-order valence-electron chi connectivity index (χ3n) is 3.58.